The zero-order valence-corrected chi connectivity index (χ0v) is 19.5. The summed E-state index contributed by atoms with van der Waals surface area (Å²) in [6, 6.07) is 7.43. The molecule has 178 valence electrons. The molecule has 8 heteroatoms. The van der Waals surface area contributed by atoms with Crippen LogP contribution in [0, 0.1) is 16.7 Å². The zero-order chi connectivity index (χ0) is 23.8. The lowest BCUT2D eigenvalue weighted by Gasteiger charge is -2.41. The van der Waals surface area contributed by atoms with E-state index in [-0.39, 0.29) is 24.1 Å². The van der Waals surface area contributed by atoms with Crippen molar-refractivity contribution in [1.29, 1.82) is 5.26 Å². The van der Waals surface area contributed by atoms with E-state index >= 15 is 0 Å². The number of piperidine rings is 1. The van der Waals surface area contributed by atoms with Crippen molar-refractivity contribution in [3.8, 4) is 6.07 Å². The molecule has 1 saturated carbocycles. The predicted octanol–water partition coefficient (Wildman–Crippen LogP) is 3.57. The molecule has 3 aliphatic rings. The Bertz CT molecular complexity index is 950. The fraction of sp³-hybridized carbons (Fsp3) is 0.640. The minimum Gasteiger partial charge on any atom is -0.465 e. The first-order valence-corrected chi connectivity index (χ1v) is 12.1. The molecule has 2 heterocycles. The standard InChI is InChI=1S/C25H34N4O4/c1-17(2)29(24(32)33)20-6-9-22(18(14-20)15-26)27-12-3-10-25(16-27)11-13-28(23(25)31)19-4-7-21(30)8-5-19/h6,9,14,17,19,21,30H,3-5,7-8,10-13,16H2,1-2H3,(H,32,33)/t19-,21-,25?. The fourth-order valence-electron chi connectivity index (χ4n) is 5.95. The SMILES string of the molecule is CC(C)N(C(=O)O)c1ccc(N2CCCC3(CCN([C@H]4CC[C@H](O)CC4)C3=O)C2)c(C#N)c1. The van der Waals surface area contributed by atoms with Crippen LogP contribution in [0.2, 0.25) is 0 Å². The van der Waals surface area contributed by atoms with Gasteiger partial charge in [0.25, 0.3) is 0 Å². The van der Waals surface area contributed by atoms with E-state index in [0.717, 1.165) is 63.7 Å². The number of carboxylic acid groups (broad SMARTS) is 1. The number of carbonyl (C=O) groups excluding carboxylic acids is 1. The van der Waals surface area contributed by atoms with Crippen LogP contribution in [-0.4, -0.2) is 64.9 Å². The maximum atomic E-state index is 13.6. The predicted molar refractivity (Wildman–Crippen MR) is 125 cm³/mol. The molecule has 1 aromatic rings. The molecule has 8 nitrogen and oxygen atoms in total. The van der Waals surface area contributed by atoms with Gasteiger partial charge in [0.15, 0.2) is 0 Å². The van der Waals surface area contributed by atoms with Crippen molar-refractivity contribution in [3.63, 3.8) is 0 Å². The lowest BCUT2D eigenvalue weighted by atomic mass is 9.78. The van der Waals surface area contributed by atoms with Gasteiger partial charge in [0.05, 0.1) is 22.8 Å². The number of nitriles is 1. The van der Waals surface area contributed by atoms with Gasteiger partial charge >= 0.3 is 6.09 Å². The van der Waals surface area contributed by atoms with E-state index in [2.05, 4.69) is 15.9 Å². The summed E-state index contributed by atoms with van der Waals surface area (Å²) < 4.78 is 0. The quantitative estimate of drug-likeness (QED) is 0.720. The third kappa shape index (κ3) is 4.39. The van der Waals surface area contributed by atoms with Crippen LogP contribution in [0.15, 0.2) is 18.2 Å². The van der Waals surface area contributed by atoms with E-state index in [4.69, 9.17) is 0 Å². The van der Waals surface area contributed by atoms with Crippen LogP contribution in [0.25, 0.3) is 0 Å². The van der Waals surface area contributed by atoms with Crippen LogP contribution < -0.4 is 9.80 Å². The highest BCUT2D eigenvalue weighted by Crippen LogP contribution is 2.44. The number of amides is 2. The van der Waals surface area contributed by atoms with Crippen molar-refractivity contribution in [2.75, 3.05) is 29.4 Å². The van der Waals surface area contributed by atoms with Crippen molar-refractivity contribution < 1.29 is 19.8 Å². The number of benzene rings is 1. The Morgan fingerprint density at radius 1 is 1.21 bits per heavy atom. The van der Waals surface area contributed by atoms with Crippen LogP contribution in [0.4, 0.5) is 16.2 Å². The highest BCUT2D eigenvalue weighted by atomic mass is 16.4. The van der Waals surface area contributed by atoms with Gasteiger partial charge in [-0.3, -0.25) is 9.69 Å². The van der Waals surface area contributed by atoms with Crippen LogP contribution in [0.1, 0.15) is 64.4 Å². The highest BCUT2D eigenvalue weighted by molar-refractivity contribution is 5.88. The fourth-order valence-corrected chi connectivity index (χ4v) is 5.95. The van der Waals surface area contributed by atoms with Crippen molar-refractivity contribution in [1.82, 2.24) is 4.90 Å². The summed E-state index contributed by atoms with van der Waals surface area (Å²) in [6.45, 7) is 5.71. The summed E-state index contributed by atoms with van der Waals surface area (Å²) in [4.78, 5) is 30.7. The average Bonchev–Trinajstić information content (AvgIpc) is 3.09. The van der Waals surface area contributed by atoms with E-state index < -0.39 is 11.5 Å². The Morgan fingerprint density at radius 3 is 2.58 bits per heavy atom. The second-order valence-electron chi connectivity index (χ2n) is 10.1. The average molecular weight is 455 g/mol. The number of aliphatic hydroxyl groups excluding tert-OH is 1. The van der Waals surface area contributed by atoms with Gasteiger partial charge in [-0.25, -0.2) is 4.79 Å². The smallest absolute Gasteiger partial charge is 0.412 e. The van der Waals surface area contributed by atoms with Crippen LogP contribution in [0.5, 0.6) is 0 Å². The highest BCUT2D eigenvalue weighted by Gasteiger charge is 2.50. The minimum atomic E-state index is -1.05. The molecule has 3 fully saturated rings. The maximum Gasteiger partial charge on any atom is 0.412 e. The third-order valence-corrected chi connectivity index (χ3v) is 7.67. The molecule has 33 heavy (non-hydrogen) atoms. The lowest BCUT2D eigenvalue weighted by molar-refractivity contribution is -0.139. The number of nitrogens with zero attached hydrogens (tertiary/aromatic N) is 4. The normalized spacial score (nSPS) is 27.8. The summed E-state index contributed by atoms with van der Waals surface area (Å²) in [5.41, 5.74) is 1.25. The number of aliphatic hydroxyl groups is 1. The van der Waals surface area contributed by atoms with Crippen molar-refractivity contribution in [2.24, 2.45) is 5.41 Å². The summed E-state index contributed by atoms with van der Waals surface area (Å²) in [5.74, 6) is 0.223. The monoisotopic (exact) mass is 454 g/mol. The zero-order valence-electron chi connectivity index (χ0n) is 19.5. The van der Waals surface area contributed by atoms with Crippen LogP contribution in [0.3, 0.4) is 0 Å². The number of carbonyl (C=O) groups is 2. The molecule has 0 aromatic heterocycles. The Balaban J connectivity index is 1.55. The Hall–Kier alpha value is -2.79. The first-order valence-electron chi connectivity index (χ1n) is 12.1. The molecule has 1 spiro atoms. The second kappa shape index (κ2) is 9.22. The van der Waals surface area contributed by atoms with Crippen molar-refractivity contribution >= 4 is 23.4 Å². The molecule has 0 bridgehead atoms. The molecule has 1 atom stereocenters. The Labute approximate surface area is 195 Å². The molecule has 1 aliphatic carbocycles. The van der Waals surface area contributed by atoms with E-state index in [1.807, 2.05) is 6.07 Å². The van der Waals surface area contributed by atoms with Gasteiger partial charge in [-0.2, -0.15) is 5.26 Å². The summed E-state index contributed by atoms with van der Waals surface area (Å²) in [5, 5.41) is 29.2. The molecular formula is C25H34N4O4. The van der Waals surface area contributed by atoms with Gasteiger partial charge < -0.3 is 20.0 Å². The van der Waals surface area contributed by atoms with Crippen LogP contribution >= 0.6 is 0 Å². The van der Waals surface area contributed by atoms with E-state index in [9.17, 15) is 25.1 Å². The summed E-state index contributed by atoms with van der Waals surface area (Å²) in [6.07, 6.45) is 4.51. The van der Waals surface area contributed by atoms with E-state index in [0.29, 0.717) is 17.8 Å². The second-order valence-corrected chi connectivity index (χ2v) is 10.1. The third-order valence-electron chi connectivity index (χ3n) is 7.67. The molecular weight excluding hydrogens is 420 g/mol. The van der Waals surface area contributed by atoms with Gasteiger partial charge in [0.2, 0.25) is 5.91 Å². The van der Waals surface area contributed by atoms with Crippen LogP contribution in [-0.2, 0) is 4.79 Å². The molecule has 2 aliphatic heterocycles. The van der Waals surface area contributed by atoms with Crippen molar-refractivity contribution in [3.05, 3.63) is 23.8 Å². The summed E-state index contributed by atoms with van der Waals surface area (Å²) in [7, 11) is 0. The topological polar surface area (TPSA) is 108 Å². The van der Waals surface area contributed by atoms with Gasteiger partial charge in [0, 0.05) is 37.4 Å². The number of likely N-dealkylation sites (tertiary alicyclic amines) is 1. The van der Waals surface area contributed by atoms with Gasteiger partial charge in [-0.15, -0.1) is 0 Å². The number of hydrogen-bond acceptors (Lipinski definition) is 5. The Kier molecular flexibility index (Phi) is 6.53. The number of rotatable bonds is 4. The lowest BCUT2D eigenvalue weighted by Crippen LogP contribution is -2.50. The molecule has 0 radical (unpaired) electrons. The number of hydrogen-bond donors (Lipinski definition) is 2. The van der Waals surface area contributed by atoms with Gasteiger partial charge in [-0.1, -0.05) is 0 Å². The van der Waals surface area contributed by atoms with Gasteiger partial charge in [0.1, 0.15) is 6.07 Å². The van der Waals surface area contributed by atoms with E-state index in [1.165, 1.54) is 4.90 Å². The Morgan fingerprint density at radius 2 is 1.94 bits per heavy atom. The van der Waals surface area contributed by atoms with Crippen molar-refractivity contribution in [2.45, 2.75) is 77.0 Å². The minimum absolute atomic E-state index is 0.223. The molecule has 4 rings (SSSR count). The van der Waals surface area contributed by atoms with E-state index in [1.54, 1.807) is 26.0 Å². The van der Waals surface area contributed by atoms with Gasteiger partial charge in [-0.05, 0) is 77.0 Å². The molecule has 2 saturated heterocycles. The molecule has 1 aromatic carbocycles. The largest absolute Gasteiger partial charge is 0.465 e. The maximum absolute atomic E-state index is 13.6. The number of anilines is 2. The molecule has 2 amide bonds. The molecule has 2 N–H and O–H groups in total. The first kappa shape index (κ1) is 23.4. The first-order chi connectivity index (χ1) is 15.8. The molecule has 1 unspecified atom stereocenters. The summed E-state index contributed by atoms with van der Waals surface area (Å²) >= 11 is 0.